The van der Waals surface area contributed by atoms with Crippen LogP contribution in [0.25, 0.3) is 0 Å². The third-order valence-corrected chi connectivity index (χ3v) is 4.64. The van der Waals surface area contributed by atoms with Gasteiger partial charge in [-0.3, -0.25) is 4.79 Å². The lowest BCUT2D eigenvalue weighted by Gasteiger charge is -2.27. The molecule has 1 amide bonds. The predicted molar refractivity (Wildman–Crippen MR) is 124 cm³/mol. The van der Waals surface area contributed by atoms with Gasteiger partial charge in [0.05, 0.1) is 18.6 Å². The van der Waals surface area contributed by atoms with Crippen molar-refractivity contribution < 1.29 is 14.3 Å². The summed E-state index contributed by atoms with van der Waals surface area (Å²) in [6.07, 6.45) is -0.951. The fourth-order valence-corrected chi connectivity index (χ4v) is 2.96. The molecular formula is C20H20Cl3N3O3S. The average Bonchev–Trinajstić information content (AvgIpc) is 2.68. The zero-order chi connectivity index (χ0) is 22.1. The molecule has 30 heavy (non-hydrogen) atoms. The van der Waals surface area contributed by atoms with Crippen molar-refractivity contribution in [2.45, 2.75) is 23.3 Å². The summed E-state index contributed by atoms with van der Waals surface area (Å²) in [4.78, 5) is 24.0. The number of ether oxygens (including phenoxy) is 1. The minimum Gasteiger partial charge on any atom is -0.462 e. The molecule has 2 aromatic rings. The van der Waals surface area contributed by atoms with E-state index in [1.54, 1.807) is 31.2 Å². The van der Waals surface area contributed by atoms with Gasteiger partial charge in [0, 0.05) is 5.69 Å². The minimum atomic E-state index is -1.86. The van der Waals surface area contributed by atoms with Crippen LogP contribution in [-0.4, -0.2) is 33.6 Å². The van der Waals surface area contributed by atoms with Crippen LogP contribution < -0.4 is 16.0 Å². The Hall–Kier alpha value is -2.06. The number of anilines is 1. The molecule has 0 aliphatic rings. The van der Waals surface area contributed by atoms with E-state index in [1.807, 2.05) is 30.3 Å². The summed E-state index contributed by atoms with van der Waals surface area (Å²) in [5, 5.41) is 8.43. The first-order valence-electron chi connectivity index (χ1n) is 8.93. The molecule has 0 aliphatic carbocycles. The molecule has 0 fully saturated rings. The van der Waals surface area contributed by atoms with E-state index in [-0.39, 0.29) is 17.4 Å². The van der Waals surface area contributed by atoms with E-state index in [1.165, 1.54) is 0 Å². The van der Waals surface area contributed by atoms with Crippen LogP contribution in [0.2, 0.25) is 0 Å². The number of halogens is 3. The van der Waals surface area contributed by atoms with Gasteiger partial charge in [-0.05, 0) is 49.0 Å². The van der Waals surface area contributed by atoms with Crippen molar-refractivity contribution in [1.82, 2.24) is 10.6 Å². The number of rotatable bonds is 7. The second kappa shape index (κ2) is 11.4. The number of hydrogen-bond donors (Lipinski definition) is 3. The van der Waals surface area contributed by atoms with E-state index in [0.29, 0.717) is 17.9 Å². The molecule has 0 bridgehead atoms. The second-order valence-electron chi connectivity index (χ2n) is 6.10. The maximum atomic E-state index is 12.3. The smallest absolute Gasteiger partial charge is 0.338 e. The van der Waals surface area contributed by atoms with E-state index in [2.05, 4.69) is 16.0 Å². The van der Waals surface area contributed by atoms with Gasteiger partial charge in [0.25, 0.3) is 0 Å². The van der Waals surface area contributed by atoms with E-state index < -0.39 is 15.9 Å². The van der Waals surface area contributed by atoms with Crippen molar-refractivity contribution in [3.63, 3.8) is 0 Å². The Bertz CT molecular complexity index is 874. The topological polar surface area (TPSA) is 79.5 Å². The van der Waals surface area contributed by atoms with E-state index in [0.717, 1.165) is 5.56 Å². The molecule has 0 aliphatic heterocycles. The Balaban J connectivity index is 1.96. The van der Waals surface area contributed by atoms with Gasteiger partial charge in [0.15, 0.2) is 5.11 Å². The average molecular weight is 489 g/mol. The highest BCUT2D eigenvalue weighted by Crippen LogP contribution is 2.29. The molecule has 0 saturated heterocycles. The predicted octanol–water partition coefficient (Wildman–Crippen LogP) is 4.20. The summed E-state index contributed by atoms with van der Waals surface area (Å²) in [5.41, 5.74) is 1.83. The molecule has 0 spiro atoms. The maximum absolute atomic E-state index is 12.3. The van der Waals surface area contributed by atoms with Gasteiger partial charge in [-0.1, -0.05) is 65.1 Å². The molecule has 0 unspecified atom stereocenters. The van der Waals surface area contributed by atoms with Crippen LogP contribution in [0.3, 0.4) is 0 Å². The summed E-state index contributed by atoms with van der Waals surface area (Å²) in [6, 6.07) is 15.7. The van der Waals surface area contributed by atoms with Gasteiger partial charge in [-0.25, -0.2) is 4.79 Å². The van der Waals surface area contributed by atoms with Crippen LogP contribution in [-0.2, 0) is 16.0 Å². The van der Waals surface area contributed by atoms with E-state index in [9.17, 15) is 9.59 Å². The molecule has 6 nitrogen and oxygen atoms in total. The third-order valence-electron chi connectivity index (χ3n) is 3.77. The molecule has 160 valence electrons. The van der Waals surface area contributed by atoms with E-state index >= 15 is 0 Å². The SMILES string of the molecule is CCOC(=O)c1ccc(NC(=S)N[C@@H](NC(=O)Cc2ccccc2)C(Cl)(Cl)Cl)cc1. The molecule has 3 N–H and O–H groups in total. The van der Waals surface area contributed by atoms with Gasteiger partial charge < -0.3 is 20.7 Å². The molecule has 10 heteroatoms. The summed E-state index contributed by atoms with van der Waals surface area (Å²) >= 11 is 23.2. The summed E-state index contributed by atoms with van der Waals surface area (Å²) in [5.74, 6) is -0.756. The Morgan fingerprint density at radius 1 is 1.03 bits per heavy atom. The first-order chi connectivity index (χ1) is 14.2. The van der Waals surface area contributed by atoms with Crippen molar-refractivity contribution >= 4 is 69.7 Å². The molecule has 1 atom stereocenters. The highest BCUT2D eigenvalue weighted by Gasteiger charge is 2.34. The van der Waals surface area contributed by atoms with Gasteiger partial charge in [-0.2, -0.15) is 0 Å². The lowest BCUT2D eigenvalue weighted by molar-refractivity contribution is -0.121. The fourth-order valence-electron chi connectivity index (χ4n) is 2.40. The number of thiocarbonyl (C=S) groups is 1. The first-order valence-corrected chi connectivity index (χ1v) is 10.5. The Morgan fingerprint density at radius 3 is 2.23 bits per heavy atom. The van der Waals surface area contributed by atoms with Crippen LogP contribution in [0.5, 0.6) is 0 Å². The Labute approximate surface area is 195 Å². The number of amides is 1. The zero-order valence-electron chi connectivity index (χ0n) is 16.0. The van der Waals surface area contributed by atoms with Crippen LogP contribution in [0.15, 0.2) is 54.6 Å². The van der Waals surface area contributed by atoms with Crippen LogP contribution in [0, 0.1) is 0 Å². The van der Waals surface area contributed by atoms with Crippen LogP contribution in [0.4, 0.5) is 5.69 Å². The van der Waals surface area contributed by atoms with Crippen molar-refractivity contribution in [2.24, 2.45) is 0 Å². The standard InChI is InChI=1S/C20H20Cl3N3O3S/c1-2-29-17(28)14-8-10-15(11-9-14)24-19(30)26-18(20(21,22)23)25-16(27)12-13-6-4-3-5-7-13/h3-11,18H,2,12H2,1H3,(H,25,27)(H2,24,26,30)/t18-/m1/s1. The highest BCUT2D eigenvalue weighted by molar-refractivity contribution is 7.80. The number of carbonyl (C=O) groups excluding carboxylic acids is 2. The second-order valence-corrected chi connectivity index (χ2v) is 8.88. The summed E-state index contributed by atoms with van der Waals surface area (Å²) < 4.78 is 3.08. The summed E-state index contributed by atoms with van der Waals surface area (Å²) in [6.45, 7) is 2.03. The lowest BCUT2D eigenvalue weighted by Crippen LogP contribution is -2.56. The van der Waals surface area contributed by atoms with Crippen molar-refractivity contribution in [1.29, 1.82) is 0 Å². The Kier molecular flexibility index (Phi) is 9.17. The number of alkyl halides is 3. The Morgan fingerprint density at radius 2 is 1.67 bits per heavy atom. The molecule has 2 rings (SSSR count). The van der Waals surface area contributed by atoms with Crippen LogP contribution >= 0.6 is 47.0 Å². The van der Waals surface area contributed by atoms with Gasteiger partial charge in [-0.15, -0.1) is 0 Å². The van der Waals surface area contributed by atoms with Crippen molar-refractivity contribution in [3.05, 3.63) is 65.7 Å². The quantitative estimate of drug-likeness (QED) is 0.235. The number of carbonyl (C=O) groups is 2. The molecular weight excluding hydrogens is 469 g/mol. The van der Waals surface area contributed by atoms with Gasteiger partial charge in [0.2, 0.25) is 9.70 Å². The maximum Gasteiger partial charge on any atom is 0.338 e. The zero-order valence-corrected chi connectivity index (χ0v) is 19.0. The van der Waals surface area contributed by atoms with E-state index in [4.69, 9.17) is 51.8 Å². The molecule has 2 aromatic carbocycles. The first kappa shape index (κ1) is 24.2. The molecule has 0 heterocycles. The lowest BCUT2D eigenvalue weighted by atomic mass is 10.1. The van der Waals surface area contributed by atoms with Crippen molar-refractivity contribution in [3.8, 4) is 0 Å². The highest BCUT2D eigenvalue weighted by atomic mass is 35.6. The van der Waals surface area contributed by atoms with Crippen LogP contribution in [0.1, 0.15) is 22.8 Å². The molecule has 0 saturated carbocycles. The van der Waals surface area contributed by atoms with Gasteiger partial charge in [0.1, 0.15) is 6.17 Å². The fraction of sp³-hybridized carbons (Fsp3) is 0.250. The number of esters is 1. The van der Waals surface area contributed by atoms with Gasteiger partial charge >= 0.3 is 5.97 Å². The largest absolute Gasteiger partial charge is 0.462 e. The van der Waals surface area contributed by atoms with Crippen molar-refractivity contribution in [2.75, 3.05) is 11.9 Å². The minimum absolute atomic E-state index is 0.120. The number of benzene rings is 2. The molecule has 0 aromatic heterocycles. The monoisotopic (exact) mass is 487 g/mol. The number of nitrogens with one attached hydrogen (secondary N) is 3. The third kappa shape index (κ3) is 7.99. The normalized spacial score (nSPS) is 11.9. The summed E-state index contributed by atoms with van der Waals surface area (Å²) in [7, 11) is 0. The number of hydrogen-bond acceptors (Lipinski definition) is 4. The molecule has 0 radical (unpaired) electrons.